The molecule has 0 saturated carbocycles. The van der Waals surface area contributed by atoms with E-state index in [-0.39, 0.29) is 36.8 Å². The third-order valence-electron chi connectivity index (χ3n) is 8.10. The molecule has 0 aromatic heterocycles. The van der Waals surface area contributed by atoms with Crippen LogP contribution in [0.4, 0.5) is 0 Å². The zero-order valence-corrected chi connectivity index (χ0v) is 19.2. The van der Waals surface area contributed by atoms with E-state index >= 15 is 0 Å². The smallest absolute Gasteiger partial charge is 0.326 e. The molecule has 2 bridgehead atoms. The number of amides is 2. The van der Waals surface area contributed by atoms with Gasteiger partial charge in [0.15, 0.2) is 0 Å². The quantitative estimate of drug-likeness (QED) is 0.326. The van der Waals surface area contributed by atoms with E-state index in [1.807, 2.05) is 24.3 Å². The van der Waals surface area contributed by atoms with Gasteiger partial charge in [0.1, 0.15) is 6.54 Å². The molecule has 0 spiro atoms. The first-order valence-electron chi connectivity index (χ1n) is 12.1. The number of esters is 1. The highest BCUT2D eigenvalue weighted by Crippen LogP contribution is 2.63. The second kappa shape index (κ2) is 7.25. The van der Waals surface area contributed by atoms with Crippen LogP contribution in [0.2, 0.25) is 0 Å². The number of benzene rings is 4. The average Bonchev–Trinajstić information content (AvgIpc) is 3.14. The summed E-state index contributed by atoms with van der Waals surface area (Å²) in [6, 6.07) is 25.0. The van der Waals surface area contributed by atoms with Crippen LogP contribution in [0.15, 0.2) is 72.8 Å². The van der Waals surface area contributed by atoms with E-state index in [9.17, 15) is 14.4 Å². The van der Waals surface area contributed by atoms with Gasteiger partial charge in [-0.15, -0.1) is 0 Å². The molecule has 0 radical (unpaired) electrons. The van der Waals surface area contributed by atoms with Crippen molar-refractivity contribution in [2.75, 3.05) is 13.2 Å². The van der Waals surface area contributed by atoms with Gasteiger partial charge in [-0.05, 0) is 50.7 Å². The van der Waals surface area contributed by atoms with E-state index in [4.69, 9.17) is 4.74 Å². The molecule has 0 unspecified atom stereocenters. The minimum Gasteiger partial charge on any atom is -0.465 e. The molecule has 5 heteroatoms. The Hall–Kier alpha value is -3.99. The van der Waals surface area contributed by atoms with E-state index in [0.717, 1.165) is 48.7 Å². The maximum absolute atomic E-state index is 13.8. The number of fused-ring (bicyclic) bond motifs is 2. The van der Waals surface area contributed by atoms with Crippen LogP contribution in [0.5, 0.6) is 0 Å². The standard InChI is InChI=1S/C30H23NO4/c1-2-35-22(32)15-31-29(33)27-25-21-14-12-17-8-4-6-10-19(17)24(21)26(28(27)30(31)34)20-13-11-16-7-3-5-9-18(16)23(20)25/h3-14,25-28H,2,15H2,1H3/t25-,26+,27-,28-/m0/s1. The number of imide groups is 1. The molecule has 4 aromatic rings. The van der Waals surface area contributed by atoms with Crippen molar-refractivity contribution in [3.8, 4) is 0 Å². The summed E-state index contributed by atoms with van der Waals surface area (Å²) < 4.78 is 5.08. The maximum atomic E-state index is 13.8. The Kier molecular flexibility index (Phi) is 4.23. The maximum Gasteiger partial charge on any atom is 0.326 e. The summed E-state index contributed by atoms with van der Waals surface area (Å²) in [5.74, 6) is -2.60. The van der Waals surface area contributed by atoms with Crippen LogP contribution in [-0.2, 0) is 19.1 Å². The third kappa shape index (κ3) is 2.61. The fraction of sp³-hybridized carbons (Fsp3) is 0.233. The molecule has 5 nitrogen and oxygen atoms in total. The Morgan fingerprint density at radius 3 is 1.71 bits per heavy atom. The third-order valence-corrected chi connectivity index (χ3v) is 8.10. The highest BCUT2D eigenvalue weighted by atomic mass is 16.5. The summed E-state index contributed by atoms with van der Waals surface area (Å²) in [5, 5.41) is 4.50. The SMILES string of the molecule is CCOC(=O)CN1C(=O)[C@H]2[C@@H]3c4ccc5ccccc5c4[C@H](c4ccc5ccccc5c43)[C@@H]2C1=O. The lowest BCUT2D eigenvalue weighted by molar-refractivity contribution is -0.152. The van der Waals surface area contributed by atoms with Crippen molar-refractivity contribution in [1.29, 1.82) is 0 Å². The van der Waals surface area contributed by atoms with E-state index in [2.05, 4.69) is 48.5 Å². The fourth-order valence-corrected chi connectivity index (χ4v) is 6.89. The molecule has 1 fully saturated rings. The van der Waals surface area contributed by atoms with E-state index in [1.54, 1.807) is 6.92 Å². The van der Waals surface area contributed by atoms with E-state index in [0.29, 0.717) is 0 Å². The van der Waals surface area contributed by atoms with Crippen molar-refractivity contribution in [1.82, 2.24) is 4.90 Å². The Morgan fingerprint density at radius 1 is 0.743 bits per heavy atom. The summed E-state index contributed by atoms with van der Waals surface area (Å²) in [6.45, 7) is 1.60. The average molecular weight is 462 g/mol. The van der Waals surface area contributed by atoms with Crippen LogP contribution in [0.3, 0.4) is 0 Å². The summed E-state index contributed by atoms with van der Waals surface area (Å²) in [7, 11) is 0. The number of likely N-dealkylation sites (tertiary alicyclic amines) is 1. The second-order valence-electron chi connectivity index (χ2n) is 9.65. The highest BCUT2D eigenvalue weighted by Gasteiger charge is 2.62. The predicted octanol–water partition coefficient (Wildman–Crippen LogP) is 4.75. The lowest BCUT2D eigenvalue weighted by Gasteiger charge is -2.47. The Morgan fingerprint density at radius 2 is 1.23 bits per heavy atom. The van der Waals surface area contributed by atoms with Gasteiger partial charge < -0.3 is 4.74 Å². The monoisotopic (exact) mass is 461 g/mol. The van der Waals surface area contributed by atoms with Gasteiger partial charge in [0, 0.05) is 11.8 Å². The highest BCUT2D eigenvalue weighted by molar-refractivity contribution is 6.10. The zero-order chi connectivity index (χ0) is 23.8. The molecule has 35 heavy (non-hydrogen) atoms. The van der Waals surface area contributed by atoms with Crippen molar-refractivity contribution in [2.45, 2.75) is 18.8 Å². The Bertz CT molecular complexity index is 1480. The van der Waals surface area contributed by atoms with Gasteiger partial charge in [0.05, 0.1) is 18.4 Å². The molecular formula is C30H23NO4. The molecule has 172 valence electrons. The van der Waals surface area contributed by atoms with Gasteiger partial charge >= 0.3 is 5.97 Å². The molecule has 4 aliphatic rings. The topological polar surface area (TPSA) is 63.7 Å². The van der Waals surface area contributed by atoms with E-state index in [1.165, 1.54) is 0 Å². The van der Waals surface area contributed by atoms with Crippen molar-refractivity contribution in [3.63, 3.8) is 0 Å². The molecule has 4 atom stereocenters. The predicted molar refractivity (Wildman–Crippen MR) is 132 cm³/mol. The van der Waals surface area contributed by atoms with Crippen molar-refractivity contribution in [3.05, 3.63) is 95.1 Å². The van der Waals surface area contributed by atoms with E-state index < -0.39 is 17.8 Å². The van der Waals surface area contributed by atoms with Gasteiger partial charge in [0.2, 0.25) is 11.8 Å². The van der Waals surface area contributed by atoms with Crippen molar-refractivity contribution in [2.24, 2.45) is 11.8 Å². The lowest BCUT2D eigenvalue weighted by Crippen LogP contribution is -2.41. The van der Waals surface area contributed by atoms with Gasteiger partial charge in [-0.2, -0.15) is 0 Å². The van der Waals surface area contributed by atoms with Gasteiger partial charge in [-0.1, -0.05) is 72.8 Å². The van der Waals surface area contributed by atoms with Crippen LogP contribution in [0.25, 0.3) is 21.5 Å². The Labute approximate surface area is 202 Å². The molecule has 8 rings (SSSR count). The Balaban J connectivity index is 1.50. The number of rotatable bonds is 3. The zero-order valence-electron chi connectivity index (χ0n) is 19.2. The van der Waals surface area contributed by atoms with Crippen molar-refractivity contribution < 1.29 is 19.1 Å². The van der Waals surface area contributed by atoms with Crippen molar-refractivity contribution >= 4 is 39.3 Å². The number of ether oxygens (including phenoxy) is 1. The molecule has 1 saturated heterocycles. The molecule has 4 aromatic carbocycles. The van der Waals surface area contributed by atoms with Crippen LogP contribution in [-0.4, -0.2) is 35.8 Å². The second-order valence-corrected chi connectivity index (χ2v) is 9.65. The van der Waals surface area contributed by atoms with Crippen LogP contribution < -0.4 is 0 Å². The van der Waals surface area contributed by atoms with Crippen LogP contribution >= 0.6 is 0 Å². The minimum atomic E-state index is -0.550. The fourth-order valence-electron chi connectivity index (χ4n) is 6.89. The molecule has 0 N–H and O–H groups in total. The number of carbonyl (C=O) groups is 3. The first-order chi connectivity index (χ1) is 17.1. The van der Waals surface area contributed by atoms with Crippen LogP contribution in [0.1, 0.15) is 41.0 Å². The van der Waals surface area contributed by atoms with Crippen LogP contribution in [0, 0.1) is 11.8 Å². The molecular weight excluding hydrogens is 438 g/mol. The number of nitrogens with zero attached hydrogens (tertiary/aromatic N) is 1. The summed E-state index contributed by atoms with van der Waals surface area (Å²) in [5.41, 5.74) is 4.54. The largest absolute Gasteiger partial charge is 0.465 e. The first-order valence-corrected chi connectivity index (χ1v) is 12.1. The molecule has 2 amide bonds. The minimum absolute atomic E-state index is 0.210. The van der Waals surface area contributed by atoms with Gasteiger partial charge in [-0.25, -0.2) is 0 Å². The van der Waals surface area contributed by atoms with Gasteiger partial charge in [-0.3, -0.25) is 19.3 Å². The number of carbonyl (C=O) groups excluding carboxylic acids is 3. The molecule has 1 heterocycles. The molecule has 1 aliphatic heterocycles. The summed E-state index contributed by atoms with van der Waals surface area (Å²) >= 11 is 0. The number of hydrogen-bond donors (Lipinski definition) is 0. The summed E-state index contributed by atoms with van der Waals surface area (Å²) in [4.78, 5) is 41.0. The lowest BCUT2D eigenvalue weighted by atomic mass is 9.53. The summed E-state index contributed by atoms with van der Waals surface area (Å²) in [6.07, 6.45) is 0. The first kappa shape index (κ1) is 20.4. The molecule has 3 aliphatic carbocycles. The normalized spacial score (nSPS) is 24.0. The van der Waals surface area contributed by atoms with Gasteiger partial charge in [0.25, 0.3) is 0 Å². The number of hydrogen-bond acceptors (Lipinski definition) is 4.